The number of carbonyl (C=O) groups excluding carboxylic acids is 1. The van der Waals surface area contributed by atoms with Crippen molar-refractivity contribution in [2.24, 2.45) is 0 Å². The molecule has 3 rings (SSSR count). The molecule has 0 radical (unpaired) electrons. The van der Waals surface area contributed by atoms with Crippen molar-refractivity contribution in [3.05, 3.63) is 42.7 Å². The zero-order valence-corrected chi connectivity index (χ0v) is 13.7. The highest BCUT2D eigenvalue weighted by molar-refractivity contribution is 7.92. The zero-order valence-electron chi connectivity index (χ0n) is 12.9. The molecule has 1 saturated heterocycles. The second kappa shape index (κ2) is 6.68. The standard InChI is InChI=1S/C15H17FN4O3S/c16-12-1-3-13(4-2-12)24(22,23)14-5-7-19(8-6-14)15(21)9-20-11-17-10-18-20/h1-4,10-11,14H,5-9H2. The molecule has 0 N–H and O–H groups in total. The first-order chi connectivity index (χ1) is 11.5. The minimum absolute atomic E-state index is 0.0926. The van der Waals surface area contributed by atoms with Crippen molar-refractivity contribution in [2.75, 3.05) is 13.1 Å². The fourth-order valence-electron chi connectivity index (χ4n) is 2.79. The van der Waals surface area contributed by atoms with Crippen molar-refractivity contribution in [1.29, 1.82) is 0 Å². The van der Waals surface area contributed by atoms with Gasteiger partial charge in [-0.15, -0.1) is 0 Å². The summed E-state index contributed by atoms with van der Waals surface area (Å²) in [6, 6.07) is 4.85. The lowest BCUT2D eigenvalue weighted by molar-refractivity contribution is -0.132. The summed E-state index contributed by atoms with van der Waals surface area (Å²) in [5, 5.41) is 3.33. The van der Waals surface area contributed by atoms with Gasteiger partial charge in [0, 0.05) is 13.1 Å². The van der Waals surface area contributed by atoms with Crippen molar-refractivity contribution in [3.63, 3.8) is 0 Å². The number of hydrogen-bond acceptors (Lipinski definition) is 5. The summed E-state index contributed by atoms with van der Waals surface area (Å²) in [6.07, 6.45) is 3.55. The number of amides is 1. The van der Waals surface area contributed by atoms with Gasteiger partial charge in [-0.2, -0.15) is 5.10 Å². The quantitative estimate of drug-likeness (QED) is 0.763. The maximum atomic E-state index is 13.0. The fraction of sp³-hybridized carbons (Fsp3) is 0.400. The summed E-state index contributed by atoms with van der Waals surface area (Å²) in [5.41, 5.74) is 0. The number of halogens is 1. The summed E-state index contributed by atoms with van der Waals surface area (Å²) in [7, 11) is -3.51. The Balaban J connectivity index is 1.62. The van der Waals surface area contributed by atoms with E-state index in [1.807, 2.05) is 0 Å². The molecule has 1 aliphatic heterocycles. The molecule has 2 aromatic rings. The molecule has 2 heterocycles. The predicted octanol–water partition coefficient (Wildman–Crippen LogP) is 0.882. The van der Waals surface area contributed by atoms with Gasteiger partial charge in [0.25, 0.3) is 0 Å². The maximum absolute atomic E-state index is 13.0. The molecule has 0 bridgehead atoms. The molecule has 0 atom stereocenters. The topological polar surface area (TPSA) is 85.2 Å². The van der Waals surface area contributed by atoms with Crippen LogP contribution in [-0.4, -0.2) is 52.3 Å². The SMILES string of the molecule is O=C(Cn1cncn1)N1CCC(S(=O)(=O)c2ccc(F)cc2)CC1. The van der Waals surface area contributed by atoms with Gasteiger partial charge >= 0.3 is 0 Å². The second-order valence-electron chi connectivity index (χ2n) is 5.67. The van der Waals surface area contributed by atoms with Crippen molar-refractivity contribution in [1.82, 2.24) is 19.7 Å². The monoisotopic (exact) mass is 352 g/mol. The van der Waals surface area contributed by atoms with E-state index >= 15 is 0 Å². The number of benzene rings is 1. The van der Waals surface area contributed by atoms with Gasteiger partial charge in [0.2, 0.25) is 5.91 Å². The van der Waals surface area contributed by atoms with E-state index < -0.39 is 20.9 Å². The molecule has 0 aliphatic carbocycles. The van der Waals surface area contributed by atoms with Gasteiger partial charge in [-0.25, -0.2) is 22.5 Å². The highest BCUT2D eigenvalue weighted by Crippen LogP contribution is 2.25. The number of nitrogens with zero attached hydrogens (tertiary/aromatic N) is 4. The molecule has 24 heavy (non-hydrogen) atoms. The van der Waals surface area contributed by atoms with Gasteiger partial charge < -0.3 is 4.90 Å². The Morgan fingerprint density at radius 1 is 1.21 bits per heavy atom. The van der Waals surface area contributed by atoms with Crippen LogP contribution in [0.25, 0.3) is 0 Å². The Hall–Kier alpha value is -2.29. The predicted molar refractivity (Wildman–Crippen MR) is 83.2 cm³/mol. The summed E-state index contributed by atoms with van der Waals surface area (Å²) < 4.78 is 39.6. The van der Waals surface area contributed by atoms with Gasteiger partial charge in [-0.05, 0) is 37.1 Å². The normalized spacial score (nSPS) is 16.3. The molecule has 1 aromatic heterocycles. The molecular weight excluding hydrogens is 335 g/mol. The number of piperidine rings is 1. The lowest BCUT2D eigenvalue weighted by Gasteiger charge is -2.31. The number of carbonyl (C=O) groups is 1. The number of likely N-dealkylation sites (tertiary alicyclic amines) is 1. The van der Waals surface area contributed by atoms with E-state index in [2.05, 4.69) is 10.1 Å². The number of sulfone groups is 1. The molecule has 9 heteroatoms. The van der Waals surface area contributed by atoms with Crippen LogP contribution in [-0.2, 0) is 21.2 Å². The third-order valence-corrected chi connectivity index (χ3v) is 6.42. The van der Waals surface area contributed by atoms with Gasteiger partial charge in [0.1, 0.15) is 25.0 Å². The van der Waals surface area contributed by atoms with E-state index in [0.717, 1.165) is 12.1 Å². The third kappa shape index (κ3) is 3.45. The molecule has 128 valence electrons. The van der Waals surface area contributed by atoms with Gasteiger partial charge in [-0.3, -0.25) is 4.79 Å². The van der Waals surface area contributed by atoms with Crippen LogP contribution >= 0.6 is 0 Å². The molecular formula is C15H17FN4O3S. The van der Waals surface area contributed by atoms with E-state index in [-0.39, 0.29) is 17.3 Å². The summed E-state index contributed by atoms with van der Waals surface area (Å²) in [6.45, 7) is 0.840. The second-order valence-corrected chi connectivity index (χ2v) is 7.90. The third-order valence-electron chi connectivity index (χ3n) is 4.14. The van der Waals surface area contributed by atoms with E-state index in [0.29, 0.717) is 25.9 Å². The lowest BCUT2D eigenvalue weighted by Crippen LogP contribution is -2.43. The highest BCUT2D eigenvalue weighted by Gasteiger charge is 2.32. The molecule has 0 spiro atoms. The van der Waals surface area contributed by atoms with Crippen molar-refractivity contribution in [3.8, 4) is 0 Å². The van der Waals surface area contributed by atoms with Gasteiger partial charge in [0.05, 0.1) is 10.1 Å². The number of hydrogen-bond donors (Lipinski definition) is 0. The fourth-order valence-corrected chi connectivity index (χ4v) is 4.52. The molecule has 1 aromatic carbocycles. The average molecular weight is 352 g/mol. The van der Waals surface area contributed by atoms with E-state index in [1.54, 1.807) is 4.90 Å². The van der Waals surface area contributed by atoms with Crippen LogP contribution in [0.4, 0.5) is 4.39 Å². The van der Waals surface area contributed by atoms with E-state index in [4.69, 9.17) is 0 Å². The van der Waals surface area contributed by atoms with E-state index in [1.165, 1.54) is 29.5 Å². The molecule has 1 amide bonds. The van der Waals surface area contributed by atoms with Crippen molar-refractivity contribution >= 4 is 15.7 Å². The lowest BCUT2D eigenvalue weighted by atomic mass is 10.1. The smallest absolute Gasteiger partial charge is 0.244 e. The first-order valence-corrected chi connectivity index (χ1v) is 9.11. The average Bonchev–Trinajstić information content (AvgIpc) is 3.08. The summed E-state index contributed by atoms with van der Waals surface area (Å²) in [4.78, 5) is 17.7. The largest absolute Gasteiger partial charge is 0.341 e. The van der Waals surface area contributed by atoms with Crippen LogP contribution in [0.15, 0.2) is 41.8 Å². The van der Waals surface area contributed by atoms with Crippen LogP contribution in [0.3, 0.4) is 0 Å². The molecule has 1 aliphatic rings. The van der Waals surface area contributed by atoms with E-state index in [9.17, 15) is 17.6 Å². The maximum Gasteiger partial charge on any atom is 0.244 e. The van der Waals surface area contributed by atoms with Crippen LogP contribution in [0.2, 0.25) is 0 Å². The Labute approximate surface area is 139 Å². The van der Waals surface area contributed by atoms with Crippen LogP contribution in [0.5, 0.6) is 0 Å². The van der Waals surface area contributed by atoms with Crippen LogP contribution in [0.1, 0.15) is 12.8 Å². The summed E-state index contributed by atoms with van der Waals surface area (Å²) >= 11 is 0. The minimum atomic E-state index is -3.51. The van der Waals surface area contributed by atoms with Crippen LogP contribution < -0.4 is 0 Å². The Bertz CT molecular complexity index is 798. The Morgan fingerprint density at radius 2 is 1.88 bits per heavy atom. The molecule has 0 unspecified atom stereocenters. The summed E-state index contributed by atoms with van der Waals surface area (Å²) in [5.74, 6) is -0.583. The number of rotatable bonds is 4. The molecule has 7 nitrogen and oxygen atoms in total. The van der Waals surface area contributed by atoms with Gasteiger partial charge in [-0.1, -0.05) is 0 Å². The first-order valence-electron chi connectivity index (χ1n) is 7.56. The Kier molecular flexibility index (Phi) is 4.61. The van der Waals surface area contributed by atoms with Crippen LogP contribution in [0, 0.1) is 5.82 Å². The van der Waals surface area contributed by atoms with Gasteiger partial charge in [0.15, 0.2) is 9.84 Å². The zero-order chi connectivity index (χ0) is 17.2. The minimum Gasteiger partial charge on any atom is -0.341 e. The Morgan fingerprint density at radius 3 is 2.46 bits per heavy atom. The van der Waals surface area contributed by atoms with Crippen molar-refractivity contribution in [2.45, 2.75) is 29.5 Å². The number of aromatic nitrogens is 3. The first kappa shape index (κ1) is 16.6. The molecule has 0 saturated carbocycles. The highest BCUT2D eigenvalue weighted by atomic mass is 32.2. The molecule has 1 fully saturated rings. The van der Waals surface area contributed by atoms with Crippen molar-refractivity contribution < 1.29 is 17.6 Å².